The second-order valence-electron chi connectivity index (χ2n) is 4.06. The maximum atomic E-state index is 11.7. The Balaban J connectivity index is 2.60. The Morgan fingerprint density at radius 3 is 2.41 bits per heavy atom. The molecule has 1 amide bonds. The van der Waals surface area contributed by atoms with Crippen molar-refractivity contribution in [2.75, 3.05) is 26.0 Å². The zero-order valence-electron chi connectivity index (χ0n) is 10.9. The van der Waals surface area contributed by atoms with Crippen molar-refractivity contribution >= 4 is 11.6 Å². The number of nitrogens with one attached hydrogen (secondary N) is 1. The van der Waals surface area contributed by atoms with Gasteiger partial charge in [-0.1, -0.05) is 0 Å². The van der Waals surface area contributed by atoms with Crippen molar-refractivity contribution in [1.82, 2.24) is 4.90 Å². The van der Waals surface area contributed by atoms with Gasteiger partial charge in [0, 0.05) is 19.8 Å². The third-order valence-electron chi connectivity index (χ3n) is 2.36. The van der Waals surface area contributed by atoms with Gasteiger partial charge in [-0.05, 0) is 38.1 Å². The number of benzene rings is 1. The molecule has 0 aliphatic carbocycles. The van der Waals surface area contributed by atoms with Crippen LogP contribution in [-0.4, -0.2) is 37.6 Å². The lowest BCUT2D eigenvalue weighted by atomic mass is 10.2. The average Bonchev–Trinajstić information content (AvgIpc) is 2.30. The number of amides is 1. The van der Waals surface area contributed by atoms with Crippen molar-refractivity contribution < 1.29 is 9.53 Å². The van der Waals surface area contributed by atoms with E-state index in [0.717, 1.165) is 11.4 Å². The molecule has 1 aromatic rings. The number of nitrogens with zero attached hydrogens (tertiary/aromatic N) is 1. The number of carbonyl (C=O) groups excluding carboxylic acids is 1. The summed E-state index contributed by atoms with van der Waals surface area (Å²) in [6.07, 6.45) is 0. The van der Waals surface area contributed by atoms with Crippen molar-refractivity contribution in [3.63, 3.8) is 0 Å². The van der Waals surface area contributed by atoms with E-state index >= 15 is 0 Å². The van der Waals surface area contributed by atoms with Crippen molar-refractivity contribution in [2.45, 2.75) is 19.9 Å². The van der Waals surface area contributed by atoms with Crippen LogP contribution in [0.4, 0.5) is 5.69 Å². The van der Waals surface area contributed by atoms with Crippen molar-refractivity contribution in [3.05, 3.63) is 24.3 Å². The van der Waals surface area contributed by atoms with Gasteiger partial charge in [-0.3, -0.25) is 4.79 Å². The summed E-state index contributed by atoms with van der Waals surface area (Å²) in [5.74, 6) is 0.892. The molecule has 0 saturated carbocycles. The molecule has 0 aliphatic heterocycles. The highest BCUT2D eigenvalue weighted by atomic mass is 16.5. The highest BCUT2D eigenvalue weighted by Gasteiger charge is 2.13. The van der Waals surface area contributed by atoms with E-state index in [2.05, 4.69) is 5.32 Å². The minimum Gasteiger partial charge on any atom is -0.494 e. The number of ether oxygens (including phenoxy) is 1. The van der Waals surface area contributed by atoms with Gasteiger partial charge >= 0.3 is 0 Å². The summed E-state index contributed by atoms with van der Waals surface area (Å²) in [7, 11) is 3.50. The Morgan fingerprint density at radius 1 is 1.35 bits per heavy atom. The molecule has 4 heteroatoms. The van der Waals surface area contributed by atoms with Crippen LogP contribution in [0.25, 0.3) is 0 Å². The number of likely N-dealkylation sites (N-methyl/N-ethyl adjacent to an activating group) is 1. The third-order valence-corrected chi connectivity index (χ3v) is 2.36. The minimum absolute atomic E-state index is 0.0545. The lowest BCUT2D eigenvalue weighted by molar-refractivity contribution is -0.129. The van der Waals surface area contributed by atoms with E-state index in [9.17, 15) is 4.79 Å². The van der Waals surface area contributed by atoms with Gasteiger partial charge in [0.05, 0.1) is 6.61 Å². The van der Waals surface area contributed by atoms with Crippen LogP contribution in [-0.2, 0) is 4.79 Å². The normalized spacial score (nSPS) is 11.8. The molecule has 94 valence electrons. The smallest absolute Gasteiger partial charge is 0.244 e. The molecule has 1 rings (SSSR count). The minimum atomic E-state index is -0.233. The molecule has 4 nitrogen and oxygen atoms in total. The maximum Gasteiger partial charge on any atom is 0.244 e. The zero-order valence-corrected chi connectivity index (χ0v) is 10.9. The molecular formula is C13H20N2O2. The molecule has 0 bridgehead atoms. The summed E-state index contributed by atoms with van der Waals surface area (Å²) in [6.45, 7) is 4.45. The molecule has 0 radical (unpaired) electrons. The number of hydrogen-bond acceptors (Lipinski definition) is 3. The largest absolute Gasteiger partial charge is 0.494 e. The van der Waals surface area contributed by atoms with Gasteiger partial charge < -0.3 is 15.0 Å². The summed E-state index contributed by atoms with van der Waals surface area (Å²) >= 11 is 0. The first-order valence-electron chi connectivity index (χ1n) is 5.75. The molecule has 1 atom stereocenters. The van der Waals surface area contributed by atoms with Crippen LogP contribution in [0.5, 0.6) is 5.75 Å². The van der Waals surface area contributed by atoms with Gasteiger partial charge in [0.25, 0.3) is 0 Å². The van der Waals surface area contributed by atoms with Gasteiger partial charge in [0.2, 0.25) is 5.91 Å². The molecule has 1 N–H and O–H groups in total. The van der Waals surface area contributed by atoms with Crippen molar-refractivity contribution in [3.8, 4) is 5.75 Å². The summed E-state index contributed by atoms with van der Waals surface area (Å²) < 4.78 is 5.35. The van der Waals surface area contributed by atoms with E-state index in [0.29, 0.717) is 6.61 Å². The standard InChI is InChI=1S/C13H20N2O2/c1-5-17-12-8-6-11(7-9-12)14-10(2)13(16)15(3)4/h6-10,14H,5H2,1-4H3. The lowest BCUT2D eigenvalue weighted by Crippen LogP contribution is -2.36. The zero-order chi connectivity index (χ0) is 12.8. The first kappa shape index (κ1) is 13.4. The number of carbonyl (C=O) groups is 1. The summed E-state index contributed by atoms with van der Waals surface area (Å²) in [4.78, 5) is 13.2. The average molecular weight is 236 g/mol. The van der Waals surface area contributed by atoms with Crippen LogP contribution in [0, 0.1) is 0 Å². The predicted octanol–water partition coefficient (Wildman–Crippen LogP) is 1.97. The van der Waals surface area contributed by atoms with Crippen LogP contribution in [0.15, 0.2) is 24.3 Å². The van der Waals surface area contributed by atoms with Crippen molar-refractivity contribution in [1.29, 1.82) is 0 Å². The quantitative estimate of drug-likeness (QED) is 0.850. The highest BCUT2D eigenvalue weighted by Crippen LogP contribution is 2.16. The molecule has 1 unspecified atom stereocenters. The molecule has 17 heavy (non-hydrogen) atoms. The topological polar surface area (TPSA) is 41.6 Å². The van der Waals surface area contributed by atoms with Crippen LogP contribution in [0.3, 0.4) is 0 Å². The van der Waals surface area contributed by atoms with E-state index in [1.807, 2.05) is 38.1 Å². The van der Waals surface area contributed by atoms with E-state index in [-0.39, 0.29) is 11.9 Å². The molecule has 0 aliphatic rings. The Bertz CT molecular complexity index is 360. The fourth-order valence-electron chi connectivity index (χ4n) is 1.51. The van der Waals surface area contributed by atoms with Gasteiger partial charge in [-0.15, -0.1) is 0 Å². The van der Waals surface area contributed by atoms with Gasteiger partial charge in [0.1, 0.15) is 11.8 Å². The van der Waals surface area contributed by atoms with E-state index in [1.54, 1.807) is 19.0 Å². The van der Waals surface area contributed by atoms with Gasteiger partial charge in [0.15, 0.2) is 0 Å². The number of rotatable bonds is 5. The molecular weight excluding hydrogens is 216 g/mol. The summed E-state index contributed by atoms with van der Waals surface area (Å²) in [6, 6.07) is 7.36. The van der Waals surface area contributed by atoms with Crippen LogP contribution in [0.2, 0.25) is 0 Å². The molecule has 0 aromatic heterocycles. The number of hydrogen-bond donors (Lipinski definition) is 1. The SMILES string of the molecule is CCOc1ccc(NC(C)C(=O)N(C)C)cc1. The number of anilines is 1. The van der Waals surface area contributed by atoms with Crippen LogP contribution >= 0.6 is 0 Å². The van der Waals surface area contributed by atoms with Gasteiger partial charge in [-0.25, -0.2) is 0 Å². The molecule has 1 aromatic carbocycles. The molecule has 0 heterocycles. The highest BCUT2D eigenvalue weighted by molar-refractivity contribution is 5.83. The first-order chi connectivity index (χ1) is 8.04. The Labute approximate surface area is 103 Å². The fraction of sp³-hybridized carbons (Fsp3) is 0.462. The van der Waals surface area contributed by atoms with E-state index < -0.39 is 0 Å². The molecule has 0 spiro atoms. The predicted molar refractivity (Wildman–Crippen MR) is 69.4 cm³/mol. The Kier molecular flexibility index (Phi) is 4.82. The Hall–Kier alpha value is -1.71. The third kappa shape index (κ3) is 3.98. The van der Waals surface area contributed by atoms with Crippen molar-refractivity contribution in [2.24, 2.45) is 0 Å². The first-order valence-corrected chi connectivity index (χ1v) is 5.75. The summed E-state index contributed by atoms with van der Waals surface area (Å²) in [5.41, 5.74) is 0.913. The second-order valence-corrected chi connectivity index (χ2v) is 4.06. The summed E-state index contributed by atoms with van der Waals surface area (Å²) in [5, 5.41) is 3.15. The second kappa shape index (κ2) is 6.13. The lowest BCUT2D eigenvalue weighted by Gasteiger charge is -2.19. The maximum absolute atomic E-state index is 11.7. The molecule has 0 fully saturated rings. The molecule has 0 saturated heterocycles. The van der Waals surface area contributed by atoms with Gasteiger partial charge in [-0.2, -0.15) is 0 Å². The fourth-order valence-corrected chi connectivity index (χ4v) is 1.51. The Morgan fingerprint density at radius 2 is 1.94 bits per heavy atom. The van der Waals surface area contributed by atoms with E-state index in [4.69, 9.17) is 4.74 Å². The van der Waals surface area contributed by atoms with Crippen LogP contribution in [0.1, 0.15) is 13.8 Å². The van der Waals surface area contributed by atoms with Crippen LogP contribution < -0.4 is 10.1 Å². The monoisotopic (exact) mass is 236 g/mol. The van der Waals surface area contributed by atoms with E-state index in [1.165, 1.54) is 0 Å².